The van der Waals surface area contributed by atoms with Crippen LogP contribution in [0.3, 0.4) is 0 Å². The van der Waals surface area contributed by atoms with Crippen LogP contribution in [0.25, 0.3) is 11.4 Å². The number of carbonyl (C=O) groups excluding carboxylic acids is 1. The van der Waals surface area contributed by atoms with Crippen molar-refractivity contribution in [3.63, 3.8) is 0 Å². The summed E-state index contributed by atoms with van der Waals surface area (Å²) >= 11 is 0. The summed E-state index contributed by atoms with van der Waals surface area (Å²) in [6, 6.07) is 12.2. The first-order valence-electron chi connectivity index (χ1n) is 7.39. The molecule has 0 unspecified atom stereocenters. The molecule has 2 aromatic heterocycles. The second-order valence-electron chi connectivity index (χ2n) is 5.00. The fourth-order valence-corrected chi connectivity index (χ4v) is 2.19. The Kier molecular flexibility index (Phi) is 4.29. The largest absolute Gasteiger partial charge is 0.321 e. The number of rotatable bonds is 4. The zero-order valence-electron chi connectivity index (χ0n) is 12.9. The Labute approximate surface area is 138 Å². The molecule has 0 atom stereocenters. The van der Waals surface area contributed by atoms with Crippen LogP contribution in [0.2, 0.25) is 0 Å². The monoisotopic (exact) mass is 318 g/mol. The number of hydrogen-bond donors (Lipinski definition) is 2. The third-order valence-corrected chi connectivity index (χ3v) is 3.42. The Bertz CT molecular complexity index is 925. The minimum Gasteiger partial charge on any atom is -0.321 e. The van der Waals surface area contributed by atoms with E-state index in [-0.39, 0.29) is 11.6 Å². The third kappa shape index (κ3) is 3.13. The lowest BCUT2D eigenvalue weighted by Gasteiger charge is -2.09. The van der Waals surface area contributed by atoms with Crippen molar-refractivity contribution >= 4 is 11.6 Å². The van der Waals surface area contributed by atoms with Crippen LogP contribution in [-0.4, -0.2) is 26.1 Å². The predicted octanol–water partition coefficient (Wildman–Crippen LogP) is 2.55. The summed E-state index contributed by atoms with van der Waals surface area (Å²) < 4.78 is 0. The van der Waals surface area contributed by atoms with E-state index in [1.807, 2.05) is 31.2 Å². The van der Waals surface area contributed by atoms with E-state index >= 15 is 0 Å². The van der Waals surface area contributed by atoms with Crippen LogP contribution in [-0.2, 0) is 6.42 Å². The molecule has 118 valence electrons. The van der Waals surface area contributed by atoms with Gasteiger partial charge >= 0.3 is 0 Å². The SMILES string of the molecule is CCc1nc(-c2ccccc2NC(=O)c2ccnc(C#N)c2)n[nH]1. The number of nitrogens with zero attached hydrogens (tertiary/aromatic N) is 4. The van der Waals surface area contributed by atoms with Crippen molar-refractivity contribution in [1.82, 2.24) is 20.2 Å². The van der Waals surface area contributed by atoms with Crippen LogP contribution < -0.4 is 5.32 Å². The Morgan fingerprint density at radius 2 is 2.17 bits per heavy atom. The fraction of sp³-hybridized carbons (Fsp3) is 0.118. The molecule has 0 aliphatic heterocycles. The van der Waals surface area contributed by atoms with Crippen molar-refractivity contribution in [2.24, 2.45) is 0 Å². The van der Waals surface area contributed by atoms with Gasteiger partial charge in [-0.3, -0.25) is 9.89 Å². The van der Waals surface area contributed by atoms with E-state index in [1.54, 1.807) is 12.1 Å². The number of anilines is 1. The van der Waals surface area contributed by atoms with Crippen molar-refractivity contribution in [3.8, 4) is 17.5 Å². The van der Waals surface area contributed by atoms with Crippen LogP contribution in [0, 0.1) is 11.3 Å². The third-order valence-electron chi connectivity index (χ3n) is 3.42. The Hall–Kier alpha value is -3.53. The second kappa shape index (κ2) is 6.71. The van der Waals surface area contributed by atoms with Gasteiger partial charge in [-0.2, -0.15) is 10.4 Å². The molecule has 0 aliphatic rings. The number of hydrogen-bond acceptors (Lipinski definition) is 5. The molecule has 0 saturated carbocycles. The molecule has 3 rings (SSSR count). The lowest BCUT2D eigenvalue weighted by Crippen LogP contribution is -2.13. The average molecular weight is 318 g/mol. The normalized spacial score (nSPS) is 10.2. The number of aryl methyl sites for hydroxylation is 1. The minimum atomic E-state index is -0.326. The number of para-hydroxylation sites is 1. The van der Waals surface area contributed by atoms with Gasteiger partial charge in [-0.25, -0.2) is 9.97 Å². The van der Waals surface area contributed by atoms with Gasteiger partial charge in [0.15, 0.2) is 5.82 Å². The molecule has 0 spiro atoms. The summed E-state index contributed by atoms with van der Waals surface area (Å²) in [4.78, 5) is 20.7. The Morgan fingerprint density at radius 1 is 1.33 bits per heavy atom. The van der Waals surface area contributed by atoms with Gasteiger partial charge in [0.05, 0.1) is 5.69 Å². The maximum atomic E-state index is 12.4. The molecule has 7 heteroatoms. The van der Waals surface area contributed by atoms with Gasteiger partial charge in [-0.1, -0.05) is 19.1 Å². The van der Waals surface area contributed by atoms with E-state index in [0.717, 1.165) is 17.8 Å². The van der Waals surface area contributed by atoms with Crippen LogP contribution in [0.4, 0.5) is 5.69 Å². The van der Waals surface area contributed by atoms with Gasteiger partial charge in [0, 0.05) is 23.7 Å². The second-order valence-corrected chi connectivity index (χ2v) is 5.00. The molecule has 24 heavy (non-hydrogen) atoms. The number of aromatic nitrogens is 4. The number of H-pyrrole nitrogens is 1. The number of aromatic amines is 1. The summed E-state index contributed by atoms with van der Waals surface area (Å²) in [5.41, 5.74) is 1.87. The lowest BCUT2D eigenvalue weighted by atomic mass is 10.1. The molecule has 0 aliphatic carbocycles. The summed E-state index contributed by atoms with van der Waals surface area (Å²) in [7, 11) is 0. The van der Waals surface area contributed by atoms with Crippen molar-refractivity contribution in [3.05, 3.63) is 59.7 Å². The molecular formula is C17H14N6O. The Balaban J connectivity index is 1.90. The molecule has 2 N–H and O–H groups in total. The minimum absolute atomic E-state index is 0.192. The first kappa shape index (κ1) is 15.4. The van der Waals surface area contributed by atoms with Crippen molar-refractivity contribution in [2.75, 3.05) is 5.32 Å². The maximum Gasteiger partial charge on any atom is 0.255 e. The topological polar surface area (TPSA) is 107 Å². The van der Waals surface area contributed by atoms with E-state index in [0.29, 0.717) is 17.1 Å². The summed E-state index contributed by atoms with van der Waals surface area (Å²) in [5.74, 6) is 0.974. The highest BCUT2D eigenvalue weighted by Gasteiger charge is 2.13. The first-order valence-corrected chi connectivity index (χ1v) is 7.39. The summed E-state index contributed by atoms with van der Waals surface area (Å²) in [6.45, 7) is 1.98. The number of pyridine rings is 1. The van der Waals surface area contributed by atoms with Gasteiger partial charge in [-0.05, 0) is 24.3 Å². The molecule has 0 radical (unpaired) electrons. The van der Waals surface area contributed by atoms with E-state index < -0.39 is 0 Å². The summed E-state index contributed by atoms with van der Waals surface area (Å²) in [6.07, 6.45) is 2.18. The van der Waals surface area contributed by atoms with E-state index in [2.05, 4.69) is 25.5 Å². The van der Waals surface area contributed by atoms with Gasteiger partial charge < -0.3 is 5.32 Å². The highest BCUT2D eigenvalue weighted by Crippen LogP contribution is 2.25. The summed E-state index contributed by atoms with van der Waals surface area (Å²) in [5, 5.41) is 18.8. The number of benzene rings is 1. The van der Waals surface area contributed by atoms with E-state index in [4.69, 9.17) is 5.26 Å². The van der Waals surface area contributed by atoms with E-state index in [1.165, 1.54) is 12.3 Å². The van der Waals surface area contributed by atoms with Crippen LogP contribution in [0.1, 0.15) is 28.8 Å². The number of nitrogens with one attached hydrogen (secondary N) is 2. The highest BCUT2D eigenvalue weighted by molar-refractivity contribution is 6.06. The molecule has 1 aromatic carbocycles. The lowest BCUT2D eigenvalue weighted by molar-refractivity contribution is 0.102. The zero-order chi connectivity index (χ0) is 16.9. The van der Waals surface area contributed by atoms with Crippen LogP contribution in [0.15, 0.2) is 42.6 Å². The molecule has 0 fully saturated rings. The molecule has 1 amide bonds. The molecule has 3 aromatic rings. The average Bonchev–Trinajstić information content (AvgIpc) is 3.11. The standard InChI is InChI=1S/C17H14N6O/c1-2-15-21-16(23-22-15)13-5-3-4-6-14(13)20-17(24)11-7-8-19-12(9-11)10-18/h3-9H,2H2,1H3,(H,20,24)(H,21,22,23). The smallest absolute Gasteiger partial charge is 0.255 e. The van der Waals surface area contributed by atoms with Gasteiger partial charge in [0.2, 0.25) is 0 Å². The number of nitriles is 1. The molecule has 0 bridgehead atoms. The molecule has 7 nitrogen and oxygen atoms in total. The van der Waals surface area contributed by atoms with Crippen LogP contribution >= 0.6 is 0 Å². The zero-order valence-corrected chi connectivity index (χ0v) is 12.9. The van der Waals surface area contributed by atoms with Gasteiger partial charge in [0.1, 0.15) is 17.6 Å². The first-order chi connectivity index (χ1) is 11.7. The molecule has 0 saturated heterocycles. The maximum absolute atomic E-state index is 12.4. The van der Waals surface area contributed by atoms with Crippen molar-refractivity contribution in [1.29, 1.82) is 5.26 Å². The van der Waals surface area contributed by atoms with Crippen LogP contribution in [0.5, 0.6) is 0 Å². The number of carbonyl (C=O) groups is 1. The van der Waals surface area contributed by atoms with Crippen molar-refractivity contribution in [2.45, 2.75) is 13.3 Å². The quantitative estimate of drug-likeness (QED) is 0.768. The van der Waals surface area contributed by atoms with Gasteiger partial charge in [-0.15, -0.1) is 0 Å². The number of amides is 1. The Morgan fingerprint density at radius 3 is 2.92 bits per heavy atom. The predicted molar refractivity (Wildman–Crippen MR) is 88.1 cm³/mol. The van der Waals surface area contributed by atoms with E-state index in [9.17, 15) is 4.79 Å². The fourth-order valence-electron chi connectivity index (χ4n) is 2.19. The molecule has 2 heterocycles. The molecular weight excluding hydrogens is 304 g/mol. The van der Waals surface area contributed by atoms with Crippen molar-refractivity contribution < 1.29 is 4.79 Å². The highest BCUT2D eigenvalue weighted by atomic mass is 16.1. The van der Waals surface area contributed by atoms with Gasteiger partial charge in [0.25, 0.3) is 5.91 Å².